The van der Waals surface area contributed by atoms with E-state index in [0.29, 0.717) is 11.4 Å². The molecule has 112 valence electrons. The number of rotatable bonds is 3. The molecule has 1 aromatic carbocycles. The maximum atomic E-state index is 8.71. The van der Waals surface area contributed by atoms with Crippen LogP contribution in [0.4, 0.5) is 5.69 Å². The molecule has 0 aliphatic carbocycles. The minimum absolute atomic E-state index is 0.400. The molecule has 2 rings (SSSR count). The molecule has 1 aliphatic heterocycles. The average Bonchev–Trinajstić information content (AvgIpc) is 2.61. The summed E-state index contributed by atoms with van der Waals surface area (Å²) in [5.74, 6) is 0.563. The van der Waals surface area contributed by atoms with Gasteiger partial charge >= 0.3 is 7.12 Å². The molecule has 1 aromatic rings. The fourth-order valence-electron chi connectivity index (χ4n) is 2.21. The van der Waals surface area contributed by atoms with Crippen LogP contribution in [0.3, 0.4) is 0 Å². The van der Waals surface area contributed by atoms with Gasteiger partial charge in [0.1, 0.15) is 0 Å². The number of nitrogens with zero attached hydrogens (tertiary/aromatic N) is 3. The topological polar surface area (TPSA) is 67.2 Å². The summed E-state index contributed by atoms with van der Waals surface area (Å²) in [5, 5.41) is 3.76. The van der Waals surface area contributed by atoms with Crippen molar-refractivity contribution in [1.29, 1.82) is 0 Å². The minimum Gasteiger partial charge on any atom is -0.399 e. The van der Waals surface area contributed by atoms with Gasteiger partial charge in [-0.25, -0.2) is 0 Å². The van der Waals surface area contributed by atoms with E-state index < -0.39 is 18.3 Å². The minimum atomic E-state index is -0.470. The number of benzene rings is 1. The predicted molar refractivity (Wildman–Crippen MR) is 88.4 cm³/mol. The second-order valence-corrected chi connectivity index (χ2v) is 6.58. The summed E-state index contributed by atoms with van der Waals surface area (Å²) in [6, 6.07) is 3.82. The van der Waals surface area contributed by atoms with Crippen molar-refractivity contribution in [2.24, 2.45) is 5.11 Å². The number of hydrogen-bond donors (Lipinski definition) is 1. The van der Waals surface area contributed by atoms with Crippen molar-refractivity contribution in [3.8, 4) is 0 Å². The van der Waals surface area contributed by atoms with Gasteiger partial charge < -0.3 is 9.31 Å². The van der Waals surface area contributed by atoms with Crippen LogP contribution in [0.25, 0.3) is 10.4 Å². The SMILES string of the molecule is Cc1c(CS)cc(B2OC(C)(C)C(C)(C)O2)cc1N=[N+]=[N-]. The van der Waals surface area contributed by atoms with E-state index in [1.807, 2.05) is 46.8 Å². The van der Waals surface area contributed by atoms with Crippen LogP contribution in [0.1, 0.15) is 38.8 Å². The van der Waals surface area contributed by atoms with E-state index in [1.165, 1.54) is 0 Å². The number of hydrogen-bond acceptors (Lipinski definition) is 4. The van der Waals surface area contributed by atoms with Gasteiger partial charge in [0.25, 0.3) is 0 Å². The molecule has 0 amide bonds. The highest BCUT2D eigenvalue weighted by atomic mass is 32.1. The molecule has 1 aliphatic rings. The highest BCUT2D eigenvalue weighted by molar-refractivity contribution is 7.79. The monoisotopic (exact) mass is 305 g/mol. The third-order valence-electron chi connectivity index (χ3n) is 4.36. The fraction of sp³-hybridized carbons (Fsp3) is 0.571. The number of azide groups is 1. The third kappa shape index (κ3) is 2.92. The van der Waals surface area contributed by atoms with Crippen molar-refractivity contribution < 1.29 is 9.31 Å². The lowest BCUT2D eigenvalue weighted by molar-refractivity contribution is 0.00578. The molecule has 7 heteroatoms. The lowest BCUT2D eigenvalue weighted by Gasteiger charge is -2.32. The van der Waals surface area contributed by atoms with Gasteiger partial charge in [-0.15, -0.1) is 0 Å². The van der Waals surface area contributed by atoms with Crippen LogP contribution < -0.4 is 5.46 Å². The van der Waals surface area contributed by atoms with Gasteiger partial charge in [-0.2, -0.15) is 12.6 Å². The van der Waals surface area contributed by atoms with Gasteiger partial charge in [-0.1, -0.05) is 17.2 Å². The largest absolute Gasteiger partial charge is 0.494 e. The van der Waals surface area contributed by atoms with Crippen LogP contribution in [-0.2, 0) is 15.1 Å². The Kier molecular flexibility index (Phi) is 4.31. The molecule has 0 radical (unpaired) electrons. The summed E-state index contributed by atoms with van der Waals surface area (Å²) in [6.07, 6.45) is 0. The molecular weight excluding hydrogens is 285 g/mol. The molecule has 5 nitrogen and oxygen atoms in total. The molecule has 1 fully saturated rings. The van der Waals surface area contributed by atoms with Crippen LogP contribution in [0.5, 0.6) is 0 Å². The van der Waals surface area contributed by atoms with Crippen LogP contribution in [0, 0.1) is 6.92 Å². The van der Waals surface area contributed by atoms with Gasteiger partial charge in [0.2, 0.25) is 0 Å². The normalized spacial score (nSPS) is 19.4. The Bertz CT molecular complexity index is 596. The Hall–Kier alpha value is -1.14. The summed E-state index contributed by atoms with van der Waals surface area (Å²) in [4.78, 5) is 2.89. The molecule has 1 heterocycles. The second kappa shape index (κ2) is 5.57. The lowest BCUT2D eigenvalue weighted by atomic mass is 9.77. The molecule has 0 saturated carbocycles. The van der Waals surface area contributed by atoms with Gasteiger partial charge in [0.15, 0.2) is 0 Å². The zero-order valence-electron chi connectivity index (χ0n) is 13.0. The zero-order chi connectivity index (χ0) is 15.8. The molecule has 0 bridgehead atoms. The van der Waals surface area contributed by atoms with Crippen molar-refractivity contribution in [2.45, 2.75) is 51.6 Å². The molecule has 0 spiro atoms. The molecule has 0 aromatic heterocycles. The maximum Gasteiger partial charge on any atom is 0.494 e. The standard InChI is InChI=1S/C14H20BN3O2S/c1-9-10(8-21)6-11(7-12(9)17-18-16)15-19-13(2,3)14(4,5)20-15/h6-7,21H,8H2,1-5H3. The summed E-state index contributed by atoms with van der Waals surface area (Å²) in [7, 11) is -0.470. The fourth-order valence-corrected chi connectivity index (χ4v) is 2.54. The molecule has 0 unspecified atom stereocenters. The van der Waals surface area contributed by atoms with Gasteiger partial charge in [0, 0.05) is 16.4 Å². The first-order chi connectivity index (χ1) is 9.71. The average molecular weight is 305 g/mol. The van der Waals surface area contributed by atoms with E-state index in [9.17, 15) is 0 Å². The Labute approximate surface area is 131 Å². The summed E-state index contributed by atoms with van der Waals surface area (Å²) >= 11 is 4.34. The highest BCUT2D eigenvalue weighted by Crippen LogP contribution is 2.37. The van der Waals surface area contributed by atoms with Crippen LogP contribution >= 0.6 is 12.6 Å². The van der Waals surface area contributed by atoms with Gasteiger partial charge in [-0.3, -0.25) is 0 Å². The molecule has 21 heavy (non-hydrogen) atoms. The van der Waals surface area contributed by atoms with Crippen LogP contribution in [-0.4, -0.2) is 18.3 Å². The number of thiol groups is 1. The Morgan fingerprint density at radius 2 is 1.81 bits per heavy atom. The smallest absolute Gasteiger partial charge is 0.399 e. The first-order valence-electron chi connectivity index (χ1n) is 6.87. The molecule has 0 atom stereocenters. The first-order valence-corrected chi connectivity index (χ1v) is 7.50. The maximum absolute atomic E-state index is 8.71. The van der Waals surface area contributed by atoms with Crippen LogP contribution in [0.2, 0.25) is 0 Å². The lowest BCUT2D eigenvalue weighted by Crippen LogP contribution is -2.41. The Morgan fingerprint density at radius 1 is 1.24 bits per heavy atom. The summed E-state index contributed by atoms with van der Waals surface area (Å²) in [5.41, 5.74) is 11.3. The van der Waals surface area contributed by atoms with Crippen molar-refractivity contribution in [2.75, 3.05) is 0 Å². The third-order valence-corrected chi connectivity index (χ3v) is 4.70. The van der Waals surface area contributed by atoms with Crippen molar-refractivity contribution in [1.82, 2.24) is 0 Å². The Balaban J connectivity index is 2.46. The van der Waals surface area contributed by atoms with E-state index in [-0.39, 0.29) is 0 Å². The van der Waals surface area contributed by atoms with E-state index >= 15 is 0 Å². The van der Waals surface area contributed by atoms with E-state index in [2.05, 4.69) is 22.7 Å². The molecule has 0 N–H and O–H groups in total. The van der Waals surface area contributed by atoms with E-state index in [4.69, 9.17) is 14.8 Å². The van der Waals surface area contributed by atoms with Gasteiger partial charge in [0.05, 0.1) is 11.2 Å². The zero-order valence-corrected chi connectivity index (χ0v) is 13.9. The van der Waals surface area contributed by atoms with Gasteiger partial charge in [-0.05, 0) is 56.7 Å². The van der Waals surface area contributed by atoms with Crippen molar-refractivity contribution in [3.63, 3.8) is 0 Å². The van der Waals surface area contributed by atoms with Crippen LogP contribution in [0.15, 0.2) is 17.2 Å². The summed E-state index contributed by atoms with van der Waals surface area (Å²) < 4.78 is 12.1. The highest BCUT2D eigenvalue weighted by Gasteiger charge is 2.51. The Morgan fingerprint density at radius 3 is 2.29 bits per heavy atom. The summed E-state index contributed by atoms with van der Waals surface area (Å²) in [6.45, 7) is 9.96. The quantitative estimate of drug-likeness (QED) is 0.304. The first kappa shape index (κ1) is 16.2. The van der Waals surface area contributed by atoms with Crippen molar-refractivity contribution in [3.05, 3.63) is 33.7 Å². The second-order valence-electron chi connectivity index (χ2n) is 6.26. The van der Waals surface area contributed by atoms with Crippen molar-refractivity contribution >= 4 is 30.9 Å². The molecule has 1 saturated heterocycles. The predicted octanol–water partition coefficient (Wildman–Crippen LogP) is 3.67. The van der Waals surface area contributed by atoms with E-state index in [0.717, 1.165) is 16.6 Å². The van der Waals surface area contributed by atoms with E-state index in [1.54, 1.807) is 0 Å². The molecular formula is C14H20BN3O2S.